The van der Waals surface area contributed by atoms with Crippen LogP contribution in [0.3, 0.4) is 0 Å². The molecule has 1 aromatic rings. The van der Waals surface area contributed by atoms with Crippen LogP contribution in [0.4, 0.5) is 0 Å². The van der Waals surface area contributed by atoms with E-state index in [2.05, 4.69) is 5.32 Å². The Morgan fingerprint density at radius 2 is 2.27 bits per heavy atom. The van der Waals surface area contributed by atoms with Gasteiger partial charge in [-0.2, -0.15) is 0 Å². The minimum Gasteiger partial charge on any atom is -0.456 e. The summed E-state index contributed by atoms with van der Waals surface area (Å²) >= 11 is 0. The lowest BCUT2D eigenvalue weighted by Crippen LogP contribution is -2.32. The number of carbonyl (C=O) groups excluding carboxylic acids is 1. The smallest absolute Gasteiger partial charge is 0.287 e. The fraction of sp³-hybridized carbons (Fsp3) is 0.545. The average molecular weight is 211 g/mol. The zero-order chi connectivity index (χ0) is 11.4. The summed E-state index contributed by atoms with van der Waals surface area (Å²) in [6, 6.07) is 1.67. The Balaban J connectivity index is 2.61. The first kappa shape index (κ1) is 11.8. The Hall–Kier alpha value is -1.29. The largest absolute Gasteiger partial charge is 0.456 e. The van der Waals surface area contributed by atoms with Crippen LogP contribution in [-0.2, 0) is 0 Å². The molecule has 4 nitrogen and oxygen atoms in total. The van der Waals surface area contributed by atoms with Crippen molar-refractivity contribution >= 4 is 5.91 Å². The van der Waals surface area contributed by atoms with E-state index in [0.29, 0.717) is 12.2 Å². The average Bonchev–Trinajstić information content (AvgIpc) is 2.47. The van der Waals surface area contributed by atoms with Gasteiger partial charge in [-0.3, -0.25) is 4.79 Å². The molecule has 0 aromatic carbocycles. The van der Waals surface area contributed by atoms with Gasteiger partial charge in [-0.25, -0.2) is 0 Å². The molecule has 0 aliphatic heterocycles. The topological polar surface area (TPSA) is 62.5 Å². The van der Waals surface area contributed by atoms with Crippen molar-refractivity contribution in [1.82, 2.24) is 5.32 Å². The van der Waals surface area contributed by atoms with Crippen LogP contribution in [0.1, 0.15) is 35.2 Å². The molecule has 84 valence electrons. The second kappa shape index (κ2) is 4.98. The summed E-state index contributed by atoms with van der Waals surface area (Å²) in [6.45, 7) is 5.63. The van der Waals surface area contributed by atoms with Crippen LogP contribution >= 0.6 is 0 Å². The van der Waals surface area contributed by atoms with Crippen molar-refractivity contribution in [2.45, 2.75) is 33.2 Å². The van der Waals surface area contributed by atoms with Crippen molar-refractivity contribution in [2.75, 3.05) is 6.61 Å². The Labute approximate surface area is 89.3 Å². The monoisotopic (exact) mass is 211 g/mol. The molecule has 0 saturated carbocycles. The normalized spacial score (nSPS) is 12.5. The van der Waals surface area contributed by atoms with Crippen LogP contribution in [-0.4, -0.2) is 23.7 Å². The molecule has 1 aromatic heterocycles. The molecule has 4 heteroatoms. The van der Waals surface area contributed by atoms with Crippen LogP contribution in [0, 0.1) is 13.8 Å². The second-order valence-electron chi connectivity index (χ2n) is 3.74. The fourth-order valence-electron chi connectivity index (χ4n) is 1.25. The summed E-state index contributed by atoms with van der Waals surface area (Å²) in [6.07, 6.45) is 0.546. The third kappa shape index (κ3) is 3.09. The number of aliphatic hydroxyl groups is 1. The lowest BCUT2D eigenvalue weighted by Gasteiger charge is -2.10. The van der Waals surface area contributed by atoms with Gasteiger partial charge in [0.1, 0.15) is 5.76 Å². The molecule has 1 rings (SSSR count). The number of aliphatic hydroxyl groups excluding tert-OH is 1. The highest BCUT2D eigenvalue weighted by atomic mass is 16.3. The van der Waals surface area contributed by atoms with Gasteiger partial charge in [0.2, 0.25) is 0 Å². The van der Waals surface area contributed by atoms with Gasteiger partial charge >= 0.3 is 0 Å². The van der Waals surface area contributed by atoms with Gasteiger partial charge in [0.25, 0.3) is 5.91 Å². The van der Waals surface area contributed by atoms with Gasteiger partial charge in [0.15, 0.2) is 5.76 Å². The number of amides is 1. The number of rotatable bonds is 4. The highest BCUT2D eigenvalue weighted by Gasteiger charge is 2.14. The molecule has 2 N–H and O–H groups in total. The number of aryl methyl sites for hydroxylation is 2. The molecule has 1 atom stereocenters. The van der Waals surface area contributed by atoms with Gasteiger partial charge in [-0.05, 0) is 38.8 Å². The van der Waals surface area contributed by atoms with E-state index >= 15 is 0 Å². The summed E-state index contributed by atoms with van der Waals surface area (Å²) in [5, 5.41) is 11.4. The molecule has 0 bridgehead atoms. The van der Waals surface area contributed by atoms with Gasteiger partial charge in [0.05, 0.1) is 0 Å². The maximum Gasteiger partial charge on any atom is 0.287 e. The molecule has 1 heterocycles. The first-order valence-corrected chi connectivity index (χ1v) is 5.03. The Kier molecular flexibility index (Phi) is 3.91. The first-order valence-electron chi connectivity index (χ1n) is 5.03. The lowest BCUT2D eigenvalue weighted by atomic mass is 10.2. The quantitative estimate of drug-likeness (QED) is 0.791. The highest BCUT2D eigenvalue weighted by Crippen LogP contribution is 2.13. The summed E-state index contributed by atoms with van der Waals surface area (Å²) in [7, 11) is 0. The van der Waals surface area contributed by atoms with Crippen molar-refractivity contribution in [3.8, 4) is 0 Å². The van der Waals surface area contributed by atoms with Gasteiger partial charge in [-0.1, -0.05) is 0 Å². The van der Waals surface area contributed by atoms with Crippen LogP contribution in [0.2, 0.25) is 0 Å². The van der Waals surface area contributed by atoms with E-state index in [1.54, 1.807) is 6.07 Å². The molecule has 15 heavy (non-hydrogen) atoms. The van der Waals surface area contributed by atoms with Crippen LogP contribution in [0.25, 0.3) is 0 Å². The molecule has 0 fully saturated rings. The first-order chi connectivity index (χ1) is 7.04. The Morgan fingerprint density at radius 3 is 2.73 bits per heavy atom. The molecule has 0 radical (unpaired) electrons. The molecule has 0 aliphatic carbocycles. The van der Waals surface area contributed by atoms with Gasteiger partial charge < -0.3 is 14.8 Å². The molecular weight excluding hydrogens is 194 g/mol. The van der Waals surface area contributed by atoms with E-state index in [1.165, 1.54) is 0 Å². The standard InChI is InChI=1S/C11H17NO3/c1-7-6-10(15-9(7)3)11(14)12-8(2)4-5-13/h6,8,13H,4-5H2,1-3H3,(H,12,14). The number of hydrogen-bond donors (Lipinski definition) is 2. The third-order valence-electron chi connectivity index (χ3n) is 2.33. The third-order valence-corrected chi connectivity index (χ3v) is 2.33. The second-order valence-corrected chi connectivity index (χ2v) is 3.74. The molecule has 0 spiro atoms. The Bertz CT molecular complexity index is 324. The number of carbonyl (C=O) groups is 1. The predicted octanol–water partition coefficient (Wildman–Crippen LogP) is 1.40. The summed E-state index contributed by atoms with van der Waals surface area (Å²) < 4.78 is 5.28. The zero-order valence-corrected chi connectivity index (χ0v) is 9.33. The fourth-order valence-corrected chi connectivity index (χ4v) is 1.25. The summed E-state index contributed by atoms with van der Waals surface area (Å²) in [5.74, 6) is 0.858. The van der Waals surface area contributed by atoms with Crippen molar-refractivity contribution in [3.63, 3.8) is 0 Å². The molecule has 0 saturated heterocycles. The van der Waals surface area contributed by atoms with Crippen LogP contribution in [0.15, 0.2) is 10.5 Å². The van der Waals surface area contributed by atoms with Crippen LogP contribution < -0.4 is 5.32 Å². The van der Waals surface area contributed by atoms with E-state index in [0.717, 1.165) is 11.3 Å². The van der Waals surface area contributed by atoms with E-state index in [9.17, 15) is 4.79 Å². The minimum atomic E-state index is -0.229. The maximum atomic E-state index is 11.6. The number of hydrogen-bond acceptors (Lipinski definition) is 3. The summed E-state index contributed by atoms with van der Waals surface area (Å²) in [5.41, 5.74) is 0.968. The minimum absolute atomic E-state index is 0.0480. The predicted molar refractivity (Wildman–Crippen MR) is 56.8 cm³/mol. The van der Waals surface area contributed by atoms with Gasteiger partial charge in [0, 0.05) is 12.6 Å². The van der Waals surface area contributed by atoms with Crippen molar-refractivity contribution < 1.29 is 14.3 Å². The molecular formula is C11H17NO3. The molecule has 1 unspecified atom stereocenters. The van der Waals surface area contributed by atoms with Gasteiger partial charge in [-0.15, -0.1) is 0 Å². The highest BCUT2D eigenvalue weighted by molar-refractivity contribution is 5.91. The van der Waals surface area contributed by atoms with E-state index in [4.69, 9.17) is 9.52 Å². The van der Waals surface area contributed by atoms with Crippen LogP contribution in [0.5, 0.6) is 0 Å². The van der Waals surface area contributed by atoms with Crippen molar-refractivity contribution in [2.24, 2.45) is 0 Å². The van der Waals surface area contributed by atoms with Crippen molar-refractivity contribution in [1.29, 1.82) is 0 Å². The molecule has 1 amide bonds. The SMILES string of the molecule is Cc1cc(C(=O)NC(C)CCO)oc1C. The number of nitrogens with one attached hydrogen (secondary N) is 1. The lowest BCUT2D eigenvalue weighted by molar-refractivity contribution is 0.0905. The van der Waals surface area contributed by atoms with E-state index in [1.807, 2.05) is 20.8 Å². The molecule has 0 aliphatic rings. The maximum absolute atomic E-state index is 11.6. The van der Waals surface area contributed by atoms with E-state index in [-0.39, 0.29) is 18.6 Å². The van der Waals surface area contributed by atoms with E-state index < -0.39 is 0 Å². The summed E-state index contributed by atoms with van der Waals surface area (Å²) in [4.78, 5) is 11.6. The van der Waals surface area contributed by atoms with Crippen molar-refractivity contribution in [3.05, 3.63) is 23.2 Å². The zero-order valence-electron chi connectivity index (χ0n) is 9.33. The Morgan fingerprint density at radius 1 is 1.60 bits per heavy atom. The number of furan rings is 1.